The van der Waals surface area contributed by atoms with Gasteiger partial charge in [-0.1, -0.05) is 32.4 Å². The van der Waals surface area contributed by atoms with Gasteiger partial charge in [-0.15, -0.1) is 0 Å². The third kappa shape index (κ3) is 2.80. The van der Waals surface area contributed by atoms with Crippen LogP contribution < -0.4 is 0 Å². The van der Waals surface area contributed by atoms with Gasteiger partial charge in [0.2, 0.25) is 0 Å². The van der Waals surface area contributed by atoms with Crippen LogP contribution in [-0.2, 0) is 12.8 Å². The SMILES string of the molecule is CCc1cc([N+](=O)[O-])c(C#N)c(CC(C)C)c1Cl. The Labute approximate surface area is 111 Å². The Morgan fingerprint density at radius 2 is 2.17 bits per heavy atom. The number of nitriles is 1. The molecule has 0 aliphatic heterocycles. The number of aryl methyl sites for hydroxylation is 1. The maximum atomic E-state index is 11.0. The van der Waals surface area contributed by atoms with Gasteiger partial charge in [0.05, 0.1) is 4.92 Å². The summed E-state index contributed by atoms with van der Waals surface area (Å²) in [4.78, 5) is 10.5. The van der Waals surface area contributed by atoms with Gasteiger partial charge >= 0.3 is 0 Å². The van der Waals surface area contributed by atoms with Crippen LogP contribution in [0, 0.1) is 27.4 Å². The summed E-state index contributed by atoms with van der Waals surface area (Å²) in [6.07, 6.45) is 1.17. The average molecular weight is 267 g/mol. The van der Waals surface area contributed by atoms with E-state index in [-0.39, 0.29) is 17.2 Å². The van der Waals surface area contributed by atoms with Gasteiger partial charge in [0.25, 0.3) is 5.69 Å². The summed E-state index contributed by atoms with van der Waals surface area (Å²) in [5.41, 5.74) is 1.27. The van der Waals surface area contributed by atoms with E-state index in [1.54, 1.807) is 0 Å². The quantitative estimate of drug-likeness (QED) is 0.613. The van der Waals surface area contributed by atoms with Crippen molar-refractivity contribution < 1.29 is 4.92 Å². The van der Waals surface area contributed by atoms with Crippen LogP contribution in [0.5, 0.6) is 0 Å². The van der Waals surface area contributed by atoms with Crippen molar-refractivity contribution in [2.24, 2.45) is 5.92 Å². The Hall–Kier alpha value is -1.60. The maximum absolute atomic E-state index is 11.0. The zero-order valence-corrected chi connectivity index (χ0v) is 11.4. The highest BCUT2D eigenvalue weighted by molar-refractivity contribution is 6.32. The Bertz CT molecular complexity index is 519. The Balaban J connectivity index is 3.58. The van der Waals surface area contributed by atoms with Crippen molar-refractivity contribution in [3.63, 3.8) is 0 Å². The second-order valence-electron chi connectivity index (χ2n) is 4.54. The van der Waals surface area contributed by atoms with Crippen LogP contribution in [0.2, 0.25) is 5.02 Å². The number of hydrogen-bond acceptors (Lipinski definition) is 3. The Morgan fingerprint density at radius 1 is 1.56 bits per heavy atom. The summed E-state index contributed by atoms with van der Waals surface area (Å²) in [7, 11) is 0. The smallest absolute Gasteiger partial charge is 0.258 e. The molecule has 0 bridgehead atoms. The largest absolute Gasteiger partial charge is 0.287 e. The predicted octanol–water partition coefficient (Wildman–Crippen LogP) is 3.88. The lowest BCUT2D eigenvalue weighted by Crippen LogP contribution is -2.05. The summed E-state index contributed by atoms with van der Waals surface area (Å²) in [5.74, 6) is 0.279. The summed E-state index contributed by atoms with van der Waals surface area (Å²) in [5, 5.41) is 20.6. The summed E-state index contributed by atoms with van der Waals surface area (Å²) >= 11 is 6.24. The van der Waals surface area contributed by atoms with Crippen molar-refractivity contribution in [2.45, 2.75) is 33.6 Å². The monoisotopic (exact) mass is 266 g/mol. The molecule has 0 unspecified atom stereocenters. The lowest BCUT2D eigenvalue weighted by Gasteiger charge is -2.13. The average Bonchev–Trinajstić information content (AvgIpc) is 2.30. The number of rotatable bonds is 4. The minimum atomic E-state index is -0.516. The van der Waals surface area contributed by atoms with Crippen molar-refractivity contribution in [2.75, 3.05) is 0 Å². The van der Waals surface area contributed by atoms with Crippen LogP contribution >= 0.6 is 11.6 Å². The standard InChI is InChI=1S/C13H15ClN2O2/c1-4-9-6-12(16(17)18)11(7-15)10(13(9)14)5-8(2)3/h6,8H,4-5H2,1-3H3. The first kappa shape index (κ1) is 14.5. The molecule has 0 amide bonds. The lowest BCUT2D eigenvalue weighted by atomic mass is 9.94. The molecule has 0 aliphatic carbocycles. The molecule has 0 heterocycles. The molecule has 0 fully saturated rings. The molecule has 1 aromatic rings. The fourth-order valence-corrected chi connectivity index (χ4v) is 2.24. The van der Waals surface area contributed by atoms with Gasteiger partial charge in [-0.2, -0.15) is 5.26 Å². The molecule has 1 aromatic carbocycles. The van der Waals surface area contributed by atoms with Crippen LogP contribution in [-0.4, -0.2) is 4.92 Å². The van der Waals surface area contributed by atoms with E-state index in [4.69, 9.17) is 16.9 Å². The number of hydrogen-bond donors (Lipinski definition) is 0. The first-order valence-corrected chi connectivity index (χ1v) is 6.18. The van der Waals surface area contributed by atoms with Gasteiger partial charge in [-0.05, 0) is 29.9 Å². The number of nitrogens with zero attached hydrogens (tertiary/aromatic N) is 2. The molecule has 96 valence electrons. The molecule has 0 saturated heterocycles. The van der Waals surface area contributed by atoms with Gasteiger partial charge in [-0.3, -0.25) is 10.1 Å². The van der Waals surface area contributed by atoms with Crippen molar-refractivity contribution in [1.82, 2.24) is 0 Å². The molecule has 0 aliphatic rings. The van der Waals surface area contributed by atoms with Crippen molar-refractivity contribution >= 4 is 17.3 Å². The highest BCUT2D eigenvalue weighted by Gasteiger charge is 2.23. The third-order valence-electron chi connectivity index (χ3n) is 2.72. The summed E-state index contributed by atoms with van der Waals surface area (Å²) in [6, 6.07) is 3.32. The van der Waals surface area contributed by atoms with Crippen LogP contribution in [0.1, 0.15) is 37.5 Å². The first-order chi connectivity index (χ1) is 8.42. The van der Waals surface area contributed by atoms with Crippen molar-refractivity contribution in [1.29, 1.82) is 5.26 Å². The van der Waals surface area contributed by atoms with E-state index >= 15 is 0 Å². The van der Waals surface area contributed by atoms with Crippen LogP contribution in [0.3, 0.4) is 0 Å². The minimum Gasteiger partial charge on any atom is -0.258 e. The Kier molecular flexibility index (Phi) is 4.69. The summed E-state index contributed by atoms with van der Waals surface area (Å²) < 4.78 is 0. The van der Waals surface area contributed by atoms with Crippen molar-refractivity contribution in [3.8, 4) is 6.07 Å². The lowest BCUT2D eigenvalue weighted by molar-refractivity contribution is -0.385. The van der Waals surface area contributed by atoms with E-state index < -0.39 is 4.92 Å². The minimum absolute atomic E-state index is 0.0934. The van der Waals surface area contributed by atoms with Gasteiger partial charge in [0, 0.05) is 11.1 Å². The van der Waals surface area contributed by atoms with Gasteiger partial charge in [0.1, 0.15) is 11.6 Å². The zero-order valence-electron chi connectivity index (χ0n) is 10.7. The Morgan fingerprint density at radius 3 is 2.56 bits per heavy atom. The molecule has 4 nitrogen and oxygen atoms in total. The fraction of sp³-hybridized carbons (Fsp3) is 0.462. The zero-order chi connectivity index (χ0) is 13.9. The number of nitro benzene ring substituents is 1. The number of benzene rings is 1. The molecule has 5 heteroatoms. The van der Waals surface area contributed by atoms with Crippen LogP contribution in [0.4, 0.5) is 5.69 Å². The highest BCUT2D eigenvalue weighted by Crippen LogP contribution is 2.33. The highest BCUT2D eigenvalue weighted by atomic mass is 35.5. The molecule has 1 rings (SSSR count). The summed E-state index contributed by atoms with van der Waals surface area (Å²) in [6.45, 7) is 5.86. The molecular weight excluding hydrogens is 252 g/mol. The van der Waals surface area contributed by atoms with E-state index in [1.807, 2.05) is 26.8 Å². The molecular formula is C13H15ClN2O2. The number of halogens is 1. The van der Waals surface area contributed by atoms with Crippen LogP contribution in [0.15, 0.2) is 6.07 Å². The van der Waals surface area contributed by atoms with Crippen LogP contribution in [0.25, 0.3) is 0 Å². The van der Waals surface area contributed by atoms with E-state index in [1.165, 1.54) is 6.07 Å². The second-order valence-corrected chi connectivity index (χ2v) is 4.92. The second kappa shape index (κ2) is 5.83. The normalized spacial score (nSPS) is 10.4. The van der Waals surface area contributed by atoms with Crippen molar-refractivity contribution in [3.05, 3.63) is 37.9 Å². The van der Waals surface area contributed by atoms with Gasteiger partial charge in [-0.25, -0.2) is 0 Å². The first-order valence-electron chi connectivity index (χ1n) is 5.81. The molecule has 0 saturated carbocycles. The van der Waals surface area contributed by atoms with E-state index in [9.17, 15) is 10.1 Å². The maximum Gasteiger partial charge on any atom is 0.287 e. The topological polar surface area (TPSA) is 66.9 Å². The molecule has 0 aromatic heterocycles. The van der Waals surface area contributed by atoms with E-state index in [0.717, 1.165) is 5.56 Å². The third-order valence-corrected chi connectivity index (χ3v) is 3.19. The molecule has 0 atom stereocenters. The van der Waals surface area contributed by atoms with Gasteiger partial charge in [0.15, 0.2) is 0 Å². The van der Waals surface area contributed by atoms with E-state index in [0.29, 0.717) is 23.4 Å². The molecule has 0 N–H and O–H groups in total. The molecule has 0 radical (unpaired) electrons. The fourth-order valence-electron chi connectivity index (χ4n) is 1.88. The number of nitro groups is 1. The predicted molar refractivity (Wildman–Crippen MR) is 70.7 cm³/mol. The molecule has 0 spiro atoms. The van der Waals surface area contributed by atoms with E-state index in [2.05, 4.69) is 0 Å². The van der Waals surface area contributed by atoms with Gasteiger partial charge < -0.3 is 0 Å². The molecule has 18 heavy (non-hydrogen) atoms.